The normalized spacial score (nSPS) is 17.9. The van der Waals surface area contributed by atoms with Gasteiger partial charge in [-0.05, 0) is 49.2 Å². The van der Waals surface area contributed by atoms with E-state index in [1.165, 1.54) is 13.2 Å². The molecule has 0 radical (unpaired) electrons. The van der Waals surface area contributed by atoms with E-state index in [2.05, 4.69) is 4.90 Å². The summed E-state index contributed by atoms with van der Waals surface area (Å²) in [5.74, 6) is -0.721. The largest absolute Gasteiger partial charge is 0.465 e. The molecule has 5 nitrogen and oxygen atoms in total. The van der Waals surface area contributed by atoms with E-state index in [0.29, 0.717) is 36.4 Å². The van der Waals surface area contributed by atoms with Crippen LogP contribution in [-0.2, 0) is 16.1 Å². The Morgan fingerprint density at radius 2 is 1.89 bits per heavy atom. The lowest BCUT2D eigenvalue weighted by atomic mass is 10.1. The molecule has 1 aliphatic heterocycles. The van der Waals surface area contributed by atoms with Gasteiger partial charge in [-0.15, -0.1) is 0 Å². The Hall–Kier alpha value is -2.73. The van der Waals surface area contributed by atoms with Crippen molar-refractivity contribution in [2.75, 3.05) is 25.1 Å². The molecule has 27 heavy (non-hydrogen) atoms. The fraction of sp³-hybridized carbons (Fsp3) is 0.333. The number of nitrogens with zero attached hydrogens (tertiary/aromatic N) is 2. The van der Waals surface area contributed by atoms with Crippen molar-refractivity contribution < 1.29 is 18.7 Å². The first kappa shape index (κ1) is 19.0. The van der Waals surface area contributed by atoms with Gasteiger partial charge in [0, 0.05) is 25.3 Å². The highest BCUT2D eigenvalue weighted by molar-refractivity contribution is 5.97. The number of methoxy groups -OCH3 is 1. The molecule has 1 atom stereocenters. The fourth-order valence-electron chi connectivity index (χ4n) is 3.23. The average Bonchev–Trinajstić information content (AvgIpc) is 2.68. The highest BCUT2D eigenvalue weighted by Crippen LogP contribution is 2.23. The first-order chi connectivity index (χ1) is 12.9. The Kier molecular flexibility index (Phi) is 5.56. The summed E-state index contributed by atoms with van der Waals surface area (Å²) in [6.07, 6.45) is 0. The molecule has 0 N–H and O–H groups in total. The number of ether oxygens (including phenoxy) is 1. The van der Waals surface area contributed by atoms with Crippen LogP contribution in [0.2, 0.25) is 0 Å². The fourth-order valence-corrected chi connectivity index (χ4v) is 3.23. The van der Waals surface area contributed by atoms with E-state index < -0.39 is 0 Å². The first-order valence-electron chi connectivity index (χ1n) is 8.89. The summed E-state index contributed by atoms with van der Waals surface area (Å²) >= 11 is 0. The number of piperazine rings is 1. The Labute approximate surface area is 158 Å². The molecule has 1 unspecified atom stereocenters. The number of halogens is 1. The van der Waals surface area contributed by atoms with Gasteiger partial charge in [0.05, 0.1) is 18.7 Å². The third kappa shape index (κ3) is 4.01. The Morgan fingerprint density at radius 1 is 1.19 bits per heavy atom. The van der Waals surface area contributed by atoms with Crippen LogP contribution in [0.4, 0.5) is 10.1 Å². The topological polar surface area (TPSA) is 49.9 Å². The van der Waals surface area contributed by atoms with Gasteiger partial charge in [-0.2, -0.15) is 0 Å². The second-order valence-electron chi connectivity index (χ2n) is 6.76. The van der Waals surface area contributed by atoms with Crippen molar-refractivity contribution in [1.82, 2.24) is 4.90 Å². The number of carbonyl (C=O) groups excluding carboxylic acids is 2. The van der Waals surface area contributed by atoms with Gasteiger partial charge in [0.2, 0.25) is 5.91 Å². The third-order valence-electron chi connectivity index (χ3n) is 5.01. The van der Waals surface area contributed by atoms with Gasteiger partial charge in [0.1, 0.15) is 5.82 Å². The van der Waals surface area contributed by atoms with Gasteiger partial charge >= 0.3 is 5.97 Å². The number of rotatable bonds is 4. The highest BCUT2D eigenvalue weighted by Gasteiger charge is 2.32. The number of hydrogen-bond donors (Lipinski definition) is 0. The molecule has 0 spiro atoms. The van der Waals surface area contributed by atoms with Crippen LogP contribution >= 0.6 is 0 Å². The molecule has 6 heteroatoms. The predicted molar refractivity (Wildman–Crippen MR) is 101 cm³/mol. The minimum atomic E-state index is -0.371. The van der Waals surface area contributed by atoms with Gasteiger partial charge in [-0.25, -0.2) is 9.18 Å². The molecule has 142 valence electrons. The van der Waals surface area contributed by atoms with Gasteiger partial charge in [0.15, 0.2) is 0 Å². The van der Waals surface area contributed by atoms with Gasteiger partial charge in [-0.3, -0.25) is 9.69 Å². The number of benzene rings is 2. The second kappa shape index (κ2) is 7.88. The summed E-state index contributed by atoms with van der Waals surface area (Å²) in [6, 6.07) is 11.8. The first-order valence-corrected chi connectivity index (χ1v) is 8.89. The number of anilines is 1. The lowest BCUT2D eigenvalue weighted by Gasteiger charge is -2.39. The monoisotopic (exact) mass is 370 g/mol. The smallest absolute Gasteiger partial charge is 0.337 e. The van der Waals surface area contributed by atoms with Crippen molar-refractivity contribution in [3.8, 4) is 0 Å². The van der Waals surface area contributed by atoms with Crippen molar-refractivity contribution in [1.29, 1.82) is 0 Å². The van der Waals surface area contributed by atoms with Crippen LogP contribution in [0.5, 0.6) is 0 Å². The average molecular weight is 370 g/mol. The van der Waals surface area contributed by atoms with Crippen molar-refractivity contribution in [2.24, 2.45) is 0 Å². The van der Waals surface area contributed by atoms with Crippen molar-refractivity contribution in [3.05, 3.63) is 65.0 Å². The van der Waals surface area contributed by atoms with Gasteiger partial charge in [-0.1, -0.05) is 18.2 Å². The quantitative estimate of drug-likeness (QED) is 0.776. The zero-order valence-corrected chi connectivity index (χ0v) is 15.7. The number of carbonyl (C=O) groups is 2. The lowest BCUT2D eigenvalue weighted by molar-refractivity contribution is -0.125. The summed E-state index contributed by atoms with van der Waals surface area (Å²) in [6.45, 7) is 5.35. The number of hydrogen-bond acceptors (Lipinski definition) is 4. The Morgan fingerprint density at radius 3 is 2.52 bits per heavy atom. The highest BCUT2D eigenvalue weighted by atomic mass is 19.1. The zero-order valence-electron chi connectivity index (χ0n) is 15.7. The van der Waals surface area contributed by atoms with Gasteiger partial charge in [0.25, 0.3) is 0 Å². The summed E-state index contributed by atoms with van der Waals surface area (Å²) in [5.41, 5.74) is 2.67. The second-order valence-corrected chi connectivity index (χ2v) is 6.76. The summed E-state index contributed by atoms with van der Waals surface area (Å²) in [7, 11) is 1.35. The van der Waals surface area contributed by atoms with Crippen molar-refractivity contribution in [3.63, 3.8) is 0 Å². The maximum Gasteiger partial charge on any atom is 0.337 e. The molecule has 2 aromatic rings. The molecular weight excluding hydrogens is 347 g/mol. The standard InChI is InChI=1S/C21H23FN2O3/c1-14-4-9-18(12-19(14)22)24-11-10-23(15(2)20(24)25)13-16-5-7-17(8-6-16)21(26)27-3/h4-9,12,15H,10-11,13H2,1-3H3. The zero-order chi connectivity index (χ0) is 19.6. The summed E-state index contributed by atoms with van der Waals surface area (Å²) < 4.78 is 18.6. The van der Waals surface area contributed by atoms with E-state index in [9.17, 15) is 14.0 Å². The van der Waals surface area contributed by atoms with Crippen LogP contribution in [0.15, 0.2) is 42.5 Å². The number of aryl methyl sites for hydroxylation is 1. The molecule has 1 aliphatic rings. The maximum absolute atomic E-state index is 13.9. The van der Waals surface area contributed by atoms with E-state index >= 15 is 0 Å². The van der Waals surface area contributed by atoms with E-state index in [4.69, 9.17) is 4.74 Å². The minimum Gasteiger partial charge on any atom is -0.465 e. The molecule has 0 saturated carbocycles. The molecule has 1 fully saturated rings. The third-order valence-corrected chi connectivity index (χ3v) is 5.01. The number of esters is 1. The number of amides is 1. The SMILES string of the molecule is COC(=O)c1ccc(CN2CCN(c3ccc(C)c(F)c3)C(=O)C2C)cc1. The van der Waals surface area contributed by atoms with Crippen LogP contribution in [0, 0.1) is 12.7 Å². The van der Waals surface area contributed by atoms with Gasteiger partial charge < -0.3 is 9.64 Å². The minimum absolute atomic E-state index is 0.0457. The maximum atomic E-state index is 13.9. The molecule has 0 aromatic heterocycles. The lowest BCUT2D eigenvalue weighted by Crippen LogP contribution is -2.55. The molecule has 1 heterocycles. The van der Waals surface area contributed by atoms with Crippen LogP contribution in [-0.4, -0.2) is 43.0 Å². The van der Waals surface area contributed by atoms with Crippen LogP contribution in [0.3, 0.4) is 0 Å². The van der Waals surface area contributed by atoms with Crippen LogP contribution in [0.1, 0.15) is 28.4 Å². The molecule has 2 aromatic carbocycles. The van der Waals surface area contributed by atoms with Crippen LogP contribution < -0.4 is 4.90 Å². The summed E-state index contributed by atoms with van der Waals surface area (Å²) in [5, 5.41) is 0. The summed E-state index contributed by atoms with van der Waals surface area (Å²) in [4.78, 5) is 28.0. The van der Waals surface area contributed by atoms with E-state index in [1.54, 1.807) is 36.1 Å². The molecule has 0 bridgehead atoms. The van der Waals surface area contributed by atoms with Crippen molar-refractivity contribution >= 4 is 17.6 Å². The molecule has 3 rings (SSSR count). The predicted octanol–water partition coefficient (Wildman–Crippen LogP) is 3.16. The Bertz CT molecular complexity index is 851. The van der Waals surface area contributed by atoms with Crippen molar-refractivity contribution in [2.45, 2.75) is 26.4 Å². The van der Waals surface area contributed by atoms with Crippen LogP contribution in [0.25, 0.3) is 0 Å². The molecule has 1 saturated heterocycles. The Balaban J connectivity index is 1.69. The molecular formula is C21H23FN2O3. The van der Waals surface area contributed by atoms with E-state index in [0.717, 1.165) is 5.56 Å². The van der Waals surface area contributed by atoms with E-state index in [1.807, 2.05) is 19.1 Å². The molecule has 1 amide bonds. The van der Waals surface area contributed by atoms with E-state index in [-0.39, 0.29) is 23.7 Å². The molecule has 0 aliphatic carbocycles.